The number of fused-ring (bicyclic) bond motifs is 1. The average molecular weight is 361 g/mol. The molecule has 3 aliphatic rings. The van der Waals surface area contributed by atoms with Gasteiger partial charge in [-0.2, -0.15) is 0 Å². The van der Waals surface area contributed by atoms with Crippen LogP contribution < -0.4 is 9.47 Å². The Hall–Kier alpha value is -1.63. The van der Waals surface area contributed by atoms with Crippen molar-refractivity contribution >= 4 is 5.71 Å². The summed E-state index contributed by atoms with van der Waals surface area (Å²) >= 11 is 0. The molecule has 3 heterocycles. The van der Waals surface area contributed by atoms with Crippen molar-refractivity contribution in [3.8, 4) is 11.5 Å². The van der Waals surface area contributed by atoms with E-state index in [2.05, 4.69) is 13.8 Å². The summed E-state index contributed by atoms with van der Waals surface area (Å²) in [6, 6.07) is 3.99. The van der Waals surface area contributed by atoms with Crippen LogP contribution in [-0.2, 0) is 20.6 Å². The highest BCUT2D eigenvalue weighted by molar-refractivity contribution is 6.02. The van der Waals surface area contributed by atoms with Crippen molar-refractivity contribution in [3.63, 3.8) is 0 Å². The monoisotopic (exact) mass is 361 g/mol. The minimum absolute atomic E-state index is 0.0122. The Kier molecular flexibility index (Phi) is 4.90. The molecule has 0 spiro atoms. The third kappa shape index (κ3) is 3.33. The topological polar surface area (TPSA) is 70.0 Å². The van der Waals surface area contributed by atoms with Gasteiger partial charge in [-0.15, -0.1) is 0 Å². The predicted octanol–water partition coefficient (Wildman–Crippen LogP) is 2.60. The zero-order chi connectivity index (χ0) is 18.1. The maximum atomic E-state index is 8.49. The third-order valence-corrected chi connectivity index (χ3v) is 5.48. The molecule has 0 bridgehead atoms. The van der Waals surface area contributed by atoms with Crippen LogP contribution in [0, 0.1) is 10.8 Å². The third-order valence-electron chi connectivity index (χ3n) is 5.48. The van der Waals surface area contributed by atoms with E-state index in [9.17, 15) is 0 Å². The molecule has 0 aromatic heterocycles. The maximum Gasteiger partial charge on any atom is 0.132 e. The summed E-state index contributed by atoms with van der Waals surface area (Å²) < 4.78 is 28.8. The first kappa shape index (κ1) is 17.8. The van der Waals surface area contributed by atoms with Crippen molar-refractivity contribution < 1.29 is 23.7 Å². The van der Waals surface area contributed by atoms with Crippen LogP contribution in [0.25, 0.3) is 0 Å². The van der Waals surface area contributed by atoms with Gasteiger partial charge >= 0.3 is 0 Å². The Morgan fingerprint density at radius 1 is 1.23 bits per heavy atom. The molecule has 2 saturated heterocycles. The molecule has 3 aliphatic heterocycles. The largest absolute Gasteiger partial charge is 0.490 e. The van der Waals surface area contributed by atoms with Gasteiger partial charge in [-0.3, -0.25) is 0 Å². The predicted molar refractivity (Wildman–Crippen MR) is 96.7 cm³/mol. The van der Waals surface area contributed by atoms with E-state index in [-0.39, 0.29) is 17.6 Å². The highest BCUT2D eigenvalue weighted by Crippen LogP contribution is 2.42. The van der Waals surface area contributed by atoms with Gasteiger partial charge in [0.2, 0.25) is 0 Å². The van der Waals surface area contributed by atoms with E-state index >= 15 is 0 Å². The smallest absolute Gasteiger partial charge is 0.132 e. The van der Waals surface area contributed by atoms with Gasteiger partial charge < -0.3 is 29.1 Å². The molecular formula is C20H27NO5. The first-order valence-corrected chi connectivity index (χ1v) is 9.40. The summed E-state index contributed by atoms with van der Waals surface area (Å²) in [5.74, 6) is 1.55. The molecule has 1 aromatic carbocycles. The summed E-state index contributed by atoms with van der Waals surface area (Å²) in [6.07, 6.45) is 1.41. The van der Waals surface area contributed by atoms with E-state index in [0.717, 1.165) is 29.0 Å². The van der Waals surface area contributed by atoms with Crippen LogP contribution in [0.3, 0.4) is 0 Å². The Bertz CT molecular complexity index is 679. The van der Waals surface area contributed by atoms with E-state index in [1.165, 1.54) is 0 Å². The summed E-state index contributed by atoms with van der Waals surface area (Å²) in [5, 5.41) is 8.49. The van der Waals surface area contributed by atoms with Gasteiger partial charge in [-0.05, 0) is 18.1 Å². The molecule has 0 aliphatic carbocycles. The van der Waals surface area contributed by atoms with Crippen LogP contribution in [-0.4, -0.2) is 57.6 Å². The van der Waals surface area contributed by atoms with Crippen molar-refractivity contribution in [1.29, 1.82) is 5.41 Å². The molecule has 1 aromatic rings. The second kappa shape index (κ2) is 7.18. The summed E-state index contributed by atoms with van der Waals surface area (Å²) in [7, 11) is 0. The number of hydrogen-bond acceptors (Lipinski definition) is 6. The van der Waals surface area contributed by atoms with Gasteiger partial charge in [0.05, 0.1) is 38.4 Å². The molecule has 1 N–H and O–H groups in total. The summed E-state index contributed by atoms with van der Waals surface area (Å²) in [5.41, 5.74) is 2.59. The Labute approximate surface area is 154 Å². The van der Waals surface area contributed by atoms with E-state index in [1.54, 1.807) is 0 Å². The molecule has 0 radical (unpaired) electrons. The Morgan fingerprint density at radius 3 is 2.73 bits per heavy atom. The quantitative estimate of drug-likeness (QED) is 0.873. The SMILES string of the molecule is CCc1cc2c(cc1OC[C@H]1COCCO1)OC(C1(C)COC1)CC2=N. The van der Waals surface area contributed by atoms with E-state index < -0.39 is 0 Å². The zero-order valence-electron chi connectivity index (χ0n) is 15.5. The lowest BCUT2D eigenvalue weighted by Crippen LogP contribution is -2.53. The molecular weight excluding hydrogens is 334 g/mol. The van der Waals surface area contributed by atoms with Crippen molar-refractivity contribution in [2.75, 3.05) is 39.6 Å². The summed E-state index contributed by atoms with van der Waals surface area (Å²) in [6.45, 7) is 7.92. The molecule has 0 amide bonds. The molecule has 2 atom stereocenters. The lowest BCUT2D eigenvalue weighted by atomic mass is 9.78. The van der Waals surface area contributed by atoms with E-state index in [0.29, 0.717) is 51.8 Å². The van der Waals surface area contributed by atoms with Gasteiger partial charge in [0.15, 0.2) is 0 Å². The fourth-order valence-electron chi connectivity index (χ4n) is 3.65. The summed E-state index contributed by atoms with van der Waals surface area (Å²) in [4.78, 5) is 0. The van der Waals surface area contributed by atoms with E-state index in [4.69, 9.17) is 29.1 Å². The second-order valence-electron chi connectivity index (χ2n) is 7.62. The number of hydrogen-bond donors (Lipinski definition) is 1. The average Bonchev–Trinajstić information content (AvgIpc) is 2.64. The number of benzene rings is 1. The minimum Gasteiger partial charge on any atom is -0.490 e. The van der Waals surface area contributed by atoms with Crippen LogP contribution in [0.15, 0.2) is 12.1 Å². The van der Waals surface area contributed by atoms with Gasteiger partial charge in [0.25, 0.3) is 0 Å². The first-order chi connectivity index (χ1) is 12.6. The molecule has 142 valence electrons. The van der Waals surface area contributed by atoms with Crippen LogP contribution in [0.5, 0.6) is 11.5 Å². The zero-order valence-corrected chi connectivity index (χ0v) is 15.5. The molecule has 1 unspecified atom stereocenters. The highest BCUT2D eigenvalue weighted by Gasteiger charge is 2.45. The number of rotatable bonds is 5. The minimum atomic E-state index is -0.0394. The number of aryl methyl sites for hydroxylation is 1. The van der Waals surface area contributed by atoms with Crippen LogP contribution in [0.4, 0.5) is 0 Å². The highest BCUT2D eigenvalue weighted by atomic mass is 16.6. The van der Waals surface area contributed by atoms with Crippen LogP contribution in [0.1, 0.15) is 31.4 Å². The molecule has 4 rings (SSSR count). The number of nitrogens with one attached hydrogen (secondary N) is 1. The second-order valence-corrected chi connectivity index (χ2v) is 7.62. The number of ether oxygens (including phenoxy) is 5. The standard InChI is InChI=1S/C20H27NO5/c1-3-13-6-15-16(21)7-19(20(2)11-23-12-20)26-18(15)8-17(13)25-10-14-9-22-4-5-24-14/h6,8,14,19,21H,3-5,7,9-12H2,1-2H3/t14-,19?/m1/s1. The molecule has 6 nitrogen and oxygen atoms in total. The van der Waals surface area contributed by atoms with Crippen molar-refractivity contribution in [3.05, 3.63) is 23.3 Å². The van der Waals surface area contributed by atoms with Crippen molar-refractivity contribution in [1.82, 2.24) is 0 Å². The van der Waals surface area contributed by atoms with Crippen LogP contribution in [0.2, 0.25) is 0 Å². The van der Waals surface area contributed by atoms with Gasteiger partial charge in [0, 0.05) is 23.8 Å². The van der Waals surface area contributed by atoms with Gasteiger partial charge in [0.1, 0.15) is 30.3 Å². The van der Waals surface area contributed by atoms with Crippen molar-refractivity contribution in [2.45, 2.75) is 38.9 Å². The Balaban J connectivity index is 1.54. The molecule has 0 saturated carbocycles. The van der Waals surface area contributed by atoms with Gasteiger partial charge in [-0.1, -0.05) is 13.8 Å². The van der Waals surface area contributed by atoms with Crippen molar-refractivity contribution in [2.24, 2.45) is 5.41 Å². The van der Waals surface area contributed by atoms with E-state index in [1.807, 2.05) is 12.1 Å². The van der Waals surface area contributed by atoms with Crippen LogP contribution >= 0.6 is 0 Å². The molecule has 6 heteroatoms. The Morgan fingerprint density at radius 2 is 2.08 bits per heavy atom. The first-order valence-electron chi connectivity index (χ1n) is 9.40. The fourth-order valence-corrected chi connectivity index (χ4v) is 3.65. The fraction of sp³-hybridized carbons (Fsp3) is 0.650. The molecule has 2 fully saturated rings. The lowest BCUT2D eigenvalue weighted by molar-refractivity contribution is -0.152. The van der Waals surface area contributed by atoms with Gasteiger partial charge in [-0.25, -0.2) is 0 Å². The normalized spacial score (nSPS) is 27.2. The lowest BCUT2D eigenvalue weighted by Gasteiger charge is -2.45. The molecule has 26 heavy (non-hydrogen) atoms. The maximum absolute atomic E-state index is 8.49.